The molecule has 1 aliphatic carbocycles. The van der Waals surface area contributed by atoms with Gasteiger partial charge in [-0.3, -0.25) is 4.90 Å². The first-order chi connectivity index (χ1) is 7.31. The van der Waals surface area contributed by atoms with E-state index in [0.29, 0.717) is 18.6 Å². The number of aliphatic hydroxyl groups is 2. The van der Waals surface area contributed by atoms with Gasteiger partial charge in [0, 0.05) is 19.2 Å². The van der Waals surface area contributed by atoms with Gasteiger partial charge in [-0.2, -0.15) is 0 Å². The third kappa shape index (κ3) is 2.71. The summed E-state index contributed by atoms with van der Waals surface area (Å²) in [6.07, 6.45) is 6.72. The lowest BCUT2D eigenvalue weighted by atomic mass is 9.88. The molecule has 0 radical (unpaired) electrons. The summed E-state index contributed by atoms with van der Waals surface area (Å²) in [5.74, 6) is 0.438. The number of hydrogen-bond acceptors (Lipinski definition) is 3. The van der Waals surface area contributed by atoms with Crippen molar-refractivity contribution in [3.05, 3.63) is 0 Å². The average molecular weight is 213 g/mol. The fraction of sp³-hybridized carbons (Fsp3) is 1.00. The maximum atomic E-state index is 9.98. The molecule has 88 valence electrons. The summed E-state index contributed by atoms with van der Waals surface area (Å²) < 4.78 is 0. The molecule has 1 unspecified atom stereocenters. The van der Waals surface area contributed by atoms with Gasteiger partial charge in [0.1, 0.15) is 0 Å². The van der Waals surface area contributed by atoms with Gasteiger partial charge in [0.2, 0.25) is 0 Å². The van der Waals surface area contributed by atoms with Gasteiger partial charge in [0.15, 0.2) is 0 Å². The lowest BCUT2D eigenvalue weighted by Crippen LogP contribution is -2.50. The Morgan fingerprint density at radius 2 is 1.87 bits per heavy atom. The molecule has 0 bridgehead atoms. The normalized spacial score (nSPS) is 39.2. The summed E-state index contributed by atoms with van der Waals surface area (Å²) in [6, 6.07) is 0.369. The van der Waals surface area contributed by atoms with E-state index < -0.39 is 0 Å². The zero-order valence-electron chi connectivity index (χ0n) is 9.44. The Kier molecular flexibility index (Phi) is 4.00. The third-order valence-electron chi connectivity index (χ3n) is 3.97. The maximum Gasteiger partial charge on any atom is 0.0695 e. The third-order valence-corrected chi connectivity index (χ3v) is 3.97. The predicted molar refractivity (Wildman–Crippen MR) is 59.6 cm³/mol. The quantitative estimate of drug-likeness (QED) is 0.719. The van der Waals surface area contributed by atoms with Crippen molar-refractivity contribution in [2.24, 2.45) is 5.92 Å². The molecule has 2 rings (SSSR count). The molecule has 1 heterocycles. The Morgan fingerprint density at radius 1 is 1.07 bits per heavy atom. The second-order valence-electron chi connectivity index (χ2n) is 5.10. The second-order valence-corrected chi connectivity index (χ2v) is 5.10. The predicted octanol–water partition coefficient (Wildman–Crippen LogP) is 0.994. The van der Waals surface area contributed by atoms with Crippen LogP contribution in [0.25, 0.3) is 0 Å². The van der Waals surface area contributed by atoms with E-state index in [-0.39, 0.29) is 6.10 Å². The highest BCUT2D eigenvalue weighted by atomic mass is 16.3. The highest BCUT2D eigenvalue weighted by molar-refractivity contribution is 4.86. The molecular formula is C12H23NO2. The Morgan fingerprint density at radius 3 is 2.60 bits per heavy atom. The van der Waals surface area contributed by atoms with E-state index in [2.05, 4.69) is 4.90 Å². The first kappa shape index (κ1) is 11.4. The number of hydrogen-bond donors (Lipinski definition) is 2. The zero-order chi connectivity index (χ0) is 10.7. The number of likely N-dealkylation sites (tertiary alicyclic amines) is 1. The lowest BCUT2D eigenvalue weighted by Gasteiger charge is -2.41. The fourth-order valence-electron chi connectivity index (χ4n) is 3.07. The molecule has 2 aliphatic rings. The Balaban J connectivity index is 1.90. The van der Waals surface area contributed by atoms with E-state index in [1.54, 1.807) is 0 Å². The molecule has 0 aromatic rings. The number of nitrogens with zero attached hydrogens (tertiary/aromatic N) is 1. The molecule has 0 aromatic carbocycles. The summed E-state index contributed by atoms with van der Waals surface area (Å²) >= 11 is 0. The van der Waals surface area contributed by atoms with Crippen LogP contribution in [0, 0.1) is 5.92 Å². The molecule has 2 fully saturated rings. The van der Waals surface area contributed by atoms with Crippen molar-refractivity contribution in [3.63, 3.8) is 0 Å². The molecule has 3 atom stereocenters. The van der Waals surface area contributed by atoms with Gasteiger partial charge in [-0.25, -0.2) is 0 Å². The van der Waals surface area contributed by atoms with E-state index in [9.17, 15) is 10.2 Å². The number of piperidine rings is 1. The van der Waals surface area contributed by atoms with E-state index in [1.807, 2.05) is 0 Å². The van der Waals surface area contributed by atoms with Crippen LogP contribution in [0.15, 0.2) is 0 Å². The topological polar surface area (TPSA) is 43.7 Å². The number of rotatable bonds is 2. The van der Waals surface area contributed by atoms with Crippen LogP contribution in [0.2, 0.25) is 0 Å². The van der Waals surface area contributed by atoms with Crippen LogP contribution >= 0.6 is 0 Å². The number of aliphatic hydroxyl groups excluding tert-OH is 2. The van der Waals surface area contributed by atoms with Gasteiger partial charge in [-0.1, -0.05) is 12.8 Å². The van der Waals surface area contributed by atoms with Crippen LogP contribution in [0.1, 0.15) is 38.5 Å². The van der Waals surface area contributed by atoms with Gasteiger partial charge < -0.3 is 10.2 Å². The highest BCUT2D eigenvalue weighted by Gasteiger charge is 2.31. The minimum absolute atomic E-state index is 0.129. The highest BCUT2D eigenvalue weighted by Crippen LogP contribution is 2.27. The maximum absolute atomic E-state index is 9.98. The van der Waals surface area contributed by atoms with Crippen molar-refractivity contribution in [1.82, 2.24) is 4.90 Å². The van der Waals surface area contributed by atoms with Crippen molar-refractivity contribution >= 4 is 0 Å². The molecule has 3 nitrogen and oxygen atoms in total. The molecular weight excluding hydrogens is 190 g/mol. The van der Waals surface area contributed by atoms with Gasteiger partial charge in [-0.05, 0) is 38.1 Å². The van der Waals surface area contributed by atoms with Crippen LogP contribution in [0.5, 0.6) is 0 Å². The van der Waals surface area contributed by atoms with E-state index in [1.165, 1.54) is 19.3 Å². The van der Waals surface area contributed by atoms with Crippen molar-refractivity contribution in [2.45, 2.75) is 50.7 Å². The Hall–Kier alpha value is -0.120. The molecule has 2 N–H and O–H groups in total. The SMILES string of the molecule is OCC1CCCN([C@H]2CCCC[C@@H]2O)C1. The van der Waals surface area contributed by atoms with Crippen molar-refractivity contribution in [2.75, 3.05) is 19.7 Å². The Labute approximate surface area is 92.1 Å². The first-order valence-electron chi connectivity index (χ1n) is 6.34. The van der Waals surface area contributed by atoms with E-state index in [4.69, 9.17) is 0 Å². The van der Waals surface area contributed by atoms with Crippen molar-refractivity contribution < 1.29 is 10.2 Å². The molecule has 1 saturated carbocycles. The molecule has 15 heavy (non-hydrogen) atoms. The average Bonchev–Trinajstić information content (AvgIpc) is 2.30. The summed E-state index contributed by atoms with van der Waals surface area (Å²) in [5.41, 5.74) is 0. The monoisotopic (exact) mass is 213 g/mol. The minimum atomic E-state index is -0.129. The van der Waals surface area contributed by atoms with Gasteiger partial charge in [-0.15, -0.1) is 0 Å². The van der Waals surface area contributed by atoms with Crippen LogP contribution in [0.4, 0.5) is 0 Å². The zero-order valence-corrected chi connectivity index (χ0v) is 9.44. The summed E-state index contributed by atoms with van der Waals surface area (Å²) in [4.78, 5) is 2.41. The molecule has 3 heteroatoms. The summed E-state index contributed by atoms with van der Waals surface area (Å²) in [7, 11) is 0. The summed E-state index contributed by atoms with van der Waals surface area (Å²) in [6.45, 7) is 2.40. The van der Waals surface area contributed by atoms with Crippen LogP contribution in [0.3, 0.4) is 0 Å². The van der Waals surface area contributed by atoms with Gasteiger partial charge >= 0.3 is 0 Å². The van der Waals surface area contributed by atoms with Crippen molar-refractivity contribution in [1.29, 1.82) is 0 Å². The van der Waals surface area contributed by atoms with Crippen molar-refractivity contribution in [3.8, 4) is 0 Å². The molecule has 1 aliphatic heterocycles. The first-order valence-corrected chi connectivity index (χ1v) is 6.34. The standard InChI is InChI=1S/C12H23NO2/c14-9-10-4-3-7-13(8-10)11-5-1-2-6-12(11)15/h10-12,14-15H,1-9H2/t10?,11-,12-/m0/s1. The van der Waals surface area contributed by atoms with Gasteiger partial charge in [0.25, 0.3) is 0 Å². The van der Waals surface area contributed by atoms with E-state index in [0.717, 1.165) is 32.4 Å². The minimum Gasteiger partial charge on any atom is -0.396 e. The van der Waals surface area contributed by atoms with Crippen LogP contribution in [-0.2, 0) is 0 Å². The molecule has 0 amide bonds. The smallest absolute Gasteiger partial charge is 0.0695 e. The molecule has 0 aromatic heterocycles. The van der Waals surface area contributed by atoms with Crippen LogP contribution < -0.4 is 0 Å². The second kappa shape index (κ2) is 5.28. The summed E-state index contributed by atoms with van der Waals surface area (Å²) in [5, 5.41) is 19.2. The largest absolute Gasteiger partial charge is 0.396 e. The molecule has 0 spiro atoms. The Bertz CT molecular complexity index is 198. The van der Waals surface area contributed by atoms with Crippen LogP contribution in [-0.4, -0.2) is 47.0 Å². The van der Waals surface area contributed by atoms with E-state index >= 15 is 0 Å². The van der Waals surface area contributed by atoms with Gasteiger partial charge in [0.05, 0.1) is 6.10 Å². The lowest BCUT2D eigenvalue weighted by molar-refractivity contribution is -0.00649. The molecule has 1 saturated heterocycles. The fourth-order valence-corrected chi connectivity index (χ4v) is 3.07.